The summed E-state index contributed by atoms with van der Waals surface area (Å²) in [6.45, 7) is 0. The predicted octanol–water partition coefficient (Wildman–Crippen LogP) is 0.529. The Labute approximate surface area is 207 Å². The van der Waals surface area contributed by atoms with Crippen molar-refractivity contribution < 1.29 is 43.3 Å². The van der Waals surface area contributed by atoms with Gasteiger partial charge in [0.2, 0.25) is 0 Å². The molecule has 0 heterocycles. The third-order valence-electron chi connectivity index (χ3n) is 5.34. The molecule has 36 heavy (non-hydrogen) atoms. The second-order valence-corrected chi connectivity index (χ2v) is 7.59. The van der Waals surface area contributed by atoms with E-state index in [1.165, 1.54) is 0 Å². The van der Waals surface area contributed by atoms with Crippen molar-refractivity contribution in [1.29, 1.82) is 0 Å². The van der Waals surface area contributed by atoms with E-state index in [9.17, 15) is 29.1 Å². The molecule has 0 aliphatic carbocycles. The van der Waals surface area contributed by atoms with E-state index < -0.39 is 60.2 Å². The lowest BCUT2D eigenvalue weighted by Crippen LogP contribution is -2.54. The number of rotatable bonds is 11. The Morgan fingerprint density at radius 3 is 1.86 bits per heavy atom. The average molecular weight is 501 g/mol. The number of hydrogen-bond donors (Lipinski definition) is 3. The van der Waals surface area contributed by atoms with Gasteiger partial charge >= 0.3 is 17.9 Å². The quantitative estimate of drug-likeness (QED) is 0.296. The minimum absolute atomic E-state index is 0.294. The van der Waals surface area contributed by atoms with E-state index in [-0.39, 0.29) is 0 Å². The molecule has 2 aromatic rings. The van der Waals surface area contributed by atoms with Gasteiger partial charge in [0.25, 0.3) is 11.8 Å². The summed E-state index contributed by atoms with van der Waals surface area (Å²) in [5.41, 5.74) is 0.695. The molecule has 192 valence electrons. The first-order valence-electron chi connectivity index (χ1n) is 10.8. The van der Waals surface area contributed by atoms with E-state index in [1.54, 1.807) is 60.7 Å². The molecule has 0 unspecified atom stereocenters. The Morgan fingerprint density at radius 2 is 1.33 bits per heavy atom. The van der Waals surface area contributed by atoms with Crippen LogP contribution in [-0.4, -0.2) is 68.3 Å². The molecule has 0 aromatic heterocycles. The molecule has 0 fully saturated rings. The van der Waals surface area contributed by atoms with Gasteiger partial charge in [-0.2, -0.15) is 0 Å². The molecule has 0 saturated heterocycles. The SMILES string of the molecule is COC(=O)C[C@H](C(=O)OC)[C@H](NC(=O)[C@H](O)[C@@H](NC(=O)c1ccccc1)c1ccccc1)C(=O)OC. The molecule has 4 atom stereocenters. The van der Waals surface area contributed by atoms with Crippen molar-refractivity contribution in [1.82, 2.24) is 10.6 Å². The maximum Gasteiger partial charge on any atom is 0.329 e. The molecule has 0 saturated carbocycles. The van der Waals surface area contributed by atoms with Crippen molar-refractivity contribution in [2.75, 3.05) is 21.3 Å². The fraction of sp³-hybridized carbons (Fsp3) is 0.320. The van der Waals surface area contributed by atoms with Crippen molar-refractivity contribution in [3.8, 4) is 0 Å². The average Bonchev–Trinajstić information content (AvgIpc) is 2.92. The highest BCUT2D eigenvalue weighted by Gasteiger charge is 2.41. The first-order valence-corrected chi connectivity index (χ1v) is 10.8. The van der Waals surface area contributed by atoms with Crippen LogP contribution >= 0.6 is 0 Å². The van der Waals surface area contributed by atoms with E-state index in [4.69, 9.17) is 0 Å². The zero-order chi connectivity index (χ0) is 26.7. The van der Waals surface area contributed by atoms with Crippen molar-refractivity contribution in [2.45, 2.75) is 24.6 Å². The number of aliphatic hydroxyl groups is 1. The van der Waals surface area contributed by atoms with Gasteiger partial charge in [-0.15, -0.1) is 0 Å². The fourth-order valence-electron chi connectivity index (χ4n) is 3.41. The molecule has 11 heteroatoms. The number of carbonyl (C=O) groups excluding carboxylic acids is 5. The van der Waals surface area contributed by atoms with E-state index in [2.05, 4.69) is 24.8 Å². The van der Waals surface area contributed by atoms with Gasteiger partial charge in [-0.1, -0.05) is 48.5 Å². The highest BCUT2D eigenvalue weighted by Crippen LogP contribution is 2.20. The third-order valence-corrected chi connectivity index (χ3v) is 5.34. The highest BCUT2D eigenvalue weighted by atomic mass is 16.5. The van der Waals surface area contributed by atoms with E-state index >= 15 is 0 Å². The Bertz CT molecular complexity index is 1060. The van der Waals surface area contributed by atoms with Crippen LogP contribution in [0.3, 0.4) is 0 Å². The number of carbonyl (C=O) groups is 5. The van der Waals surface area contributed by atoms with Crippen molar-refractivity contribution in [3.05, 3.63) is 71.8 Å². The minimum atomic E-state index is -1.90. The molecule has 0 bridgehead atoms. The van der Waals surface area contributed by atoms with Crippen LogP contribution in [0.4, 0.5) is 0 Å². The van der Waals surface area contributed by atoms with Crippen LogP contribution < -0.4 is 10.6 Å². The molecular weight excluding hydrogens is 472 g/mol. The zero-order valence-corrected chi connectivity index (χ0v) is 20.0. The summed E-state index contributed by atoms with van der Waals surface area (Å²) in [5, 5.41) is 15.8. The molecule has 0 spiro atoms. The minimum Gasteiger partial charge on any atom is -0.469 e. The molecule has 2 amide bonds. The number of methoxy groups -OCH3 is 3. The third kappa shape index (κ3) is 7.37. The number of esters is 3. The van der Waals surface area contributed by atoms with E-state index in [1.807, 2.05) is 0 Å². The van der Waals surface area contributed by atoms with E-state index in [0.29, 0.717) is 11.1 Å². The van der Waals surface area contributed by atoms with Crippen LogP contribution in [0.1, 0.15) is 28.4 Å². The lowest BCUT2D eigenvalue weighted by atomic mass is 9.94. The number of benzene rings is 2. The molecule has 2 rings (SSSR count). The maximum absolute atomic E-state index is 13.1. The second-order valence-electron chi connectivity index (χ2n) is 7.59. The summed E-state index contributed by atoms with van der Waals surface area (Å²) in [5.74, 6) is -6.04. The van der Waals surface area contributed by atoms with Crippen molar-refractivity contribution in [3.63, 3.8) is 0 Å². The lowest BCUT2D eigenvalue weighted by molar-refractivity contribution is -0.160. The largest absolute Gasteiger partial charge is 0.469 e. The van der Waals surface area contributed by atoms with Gasteiger partial charge in [0.05, 0.1) is 39.7 Å². The predicted molar refractivity (Wildman–Crippen MR) is 125 cm³/mol. The van der Waals surface area contributed by atoms with Crippen LogP contribution in [-0.2, 0) is 33.4 Å². The molecule has 0 radical (unpaired) electrons. The Morgan fingerprint density at radius 1 is 0.778 bits per heavy atom. The Balaban J connectivity index is 2.35. The highest BCUT2D eigenvalue weighted by molar-refractivity contribution is 5.96. The van der Waals surface area contributed by atoms with E-state index in [0.717, 1.165) is 21.3 Å². The Kier molecular flexibility index (Phi) is 10.6. The number of aliphatic hydroxyl groups excluding tert-OH is 1. The van der Waals surface area contributed by atoms with Crippen LogP contribution in [0.25, 0.3) is 0 Å². The van der Waals surface area contributed by atoms with Crippen molar-refractivity contribution in [2.24, 2.45) is 5.92 Å². The summed E-state index contributed by atoms with van der Waals surface area (Å²) in [6.07, 6.45) is -2.50. The van der Waals surface area contributed by atoms with Gasteiger partial charge in [-0.05, 0) is 17.7 Å². The van der Waals surface area contributed by atoms with Crippen LogP contribution in [0.2, 0.25) is 0 Å². The lowest BCUT2D eigenvalue weighted by Gasteiger charge is -2.28. The topological polar surface area (TPSA) is 157 Å². The first kappa shape index (κ1) is 28.0. The second kappa shape index (κ2) is 13.6. The summed E-state index contributed by atoms with van der Waals surface area (Å²) < 4.78 is 13.9. The smallest absolute Gasteiger partial charge is 0.329 e. The van der Waals surface area contributed by atoms with Crippen molar-refractivity contribution >= 4 is 29.7 Å². The van der Waals surface area contributed by atoms with Gasteiger partial charge in [0.1, 0.15) is 6.04 Å². The van der Waals surface area contributed by atoms with Gasteiger partial charge in [-0.25, -0.2) is 4.79 Å². The number of ether oxygens (including phenoxy) is 3. The van der Waals surface area contributed by atoms with Gasteiger partial charge in [0.15, 0.2) is 6.10 Å². The molecule has 0 aliphatic rings. The zero-order valence-electron chi connectivity index (χ0n) is 20.0. The molecule has 11 nitrogen and oxygen atoms in total. The number of nitrogens with one attached hydrogen (secondary N) is 2. The maximum atomic E-state index is 13.1. The Hall–Kier alpha value is -4.25. The number of amides is 2. The summed E-state index contributed by atoms with van der Waals surface area (Å²) in [6, 6.07) is 13.5. The summed E-state index contributed by atoms with van der Waals surface area (Å²) >= 11 is 0. The van der Waals surface area contributed by atoms with Gasteiger partial charge < -0.3 is 30.0 Å². The normalized spacial score (nSPS) is 13.8. The monoisotopic (exact) mass is 500 g/mol. The molecule has 3 N–H and O–H groups in total. The van der Waals surface area contributed by atoms with Gasteiger partial charge in [-0.3, -0.25) is 19.2 Å². The fourth-order valence-corrected chi connectivity index (χ4v) is 3.41. The first-order chi connectivity index (χ1) is 17.2. The van der Waals surface area contributed by atoms with Gasteiger partial charge in [0, 0.05) is 5.56 Å². The van der Waals surface area contributed by atoms with Crippen LogP contribution in [0, 0.1) is 5.92 Å². The molecular formula is C25H28N2O9. The molecule has 0 aliphatic heterocycles. The summed E-state index contributed by atoms with van der Waals surface area (Å²) in [4.78, 5) is 62.5. The molecule has 2 aromatic carbocycles. The number of hydrogen-bond acceptors (Lipinski definition) is 9. The standard InChI is InChI=1S/C25H28N2O9/c1-34-18(28)14-17(24(32)35-2)20(25(33)36-3)27-23(31)21(29)19(15-10-6-4-7-11-15)26-22(30)16-12-8-5-9-13-16/h4-13,17,19-21,29H,14H2,1-3H3,(H,26,30)(H,27,31)/t17-,19-,20-,21+/m0/s1. The van der Waals surface area contributed by atoms with Crippen LogP contribution in [0.5, 0.6) is 0 Å². The van der Waals surface area contributed by atoms with Crippen LogP contribution in [0.15, 0.2) is 60.7 Å². The summed E-state index contributed by atoms with van der Waals surface area (Å²) in [7, 11) is 3.16.